The number of likely N-dealkylation sites (tertiary alicyclic amines) is 1. The van der Waals surface area contributed by atoms with Gasteiger partial charge in [-0.3, -0.25) is 24.6 Å². The summed E-state index contributed by atoms with van der Waals surface area (Å²) in [4.78, 5) is 40.8. The van der Waals surface area contributed by atoms with E-state index in [0.717, 1.165) is 34.7 Å². The van der Waals surface area contributed by atoms with Crippen LogP contribution in [0.3, 0.4) is 0 Å². The molecule has 1 unspecified atom stereocenters. The molecule has 200 valence electrons. The van der Waals surface area contributed by atoms with E-state index in [9.17, 15) is 19.5 Å². The van der Waals surface area contributed by atoms with Crippen LogP contribution in [0.25, 0.3) is 0 Å². The third-order valence-corrected chi connectivity index (χ3v) is 8.08. The summed E-state index contributed by atoms with van der Waals surface area (Å²) >= 11 is 0. The van der Waals surface area contributed by atoms with Crippen LogP contribution < -0.4 is 10.1 Å². The van der Waals surface area contributed by atoms with Crippen LogP contribution in [0.2, 0.25) is 0 Å². The Hall–Kier alpha value is -4.01. The number of rotatable bonds is 6. The maximum Gasteiger partial charge on any atom is 0.255 e. The Morgan fingerprint density at radius 3 is 2.46 bits per heavy atom. The average Bonchev–Trinajstić information content (AvgIpc) is 3.27. The number of imide groups is 1. The van der Waals surface area contributed by atoms with Crippen LogP contribution >= 0.6 is 0 Å². The number of benzene rings is 3. The number of nitrogens with one attached hydrogen (secondary N) is 1. The van der Waals surface area contributed by atoms with Gasteiger partial charge in [0.2, 0.25) is 11.8 Å². The minimum Gasteiger partial charge on any atom is -0.457 e. The fraction of sp³-hybridized carbons (Fsp3) is 0.323. The van der Waals surface area contributed by atoms with E-state index in [1.165, 1.54) is 4.90 Å². The van der Waals surface area contributed by atoms with Crippen molar-refractivity contribution < 1.29 is 24.2 Å². The molecule has 3 aromatic rings. The molecular weight excluding hydrogens is 494 g/mol. The van der Waals surface area contributed by atoms with Crippen molar-refractivity contribution in [1.82, 2.24) is 15.1 Å². The molecule has 3 aromatic carbocycles. The molecular formula is C31H31N3O5. The molecule has 3 amide bonds. The van der Waals surface area contributed by atoms with Gasteiger partial charge in [0.15, 0.2) is 0 Å². The number of aliphatic hydroxyl groups is 1. The van der Waals surface area contributed by atoms with Crippen molar-refractivity contribution in [3.8, 4) is 11.5 Å². The quantitative estimate of drug-likeness (QED) is 0.476. The van der Waals surface area contributed by atoms with Crippen molar-refractivity contribution in [3.05, 3.63) is 95.1 Å². The van der Waals surface area contributed by atoms with Crippen LogP contribution in [0, 0.1) is 0 Å². The number of hydrogen-bond donors (Lipinski definition) is 2. The second kappa shape index (κ2) is 10.3. The largest absolute Gasteiger partial charge is 0.457 e. The molecule has 6 rings (SSSR count). The standard InChI is InChI=1S/C31H31N3O5/c35-28-13-12-26(29(36)32-28)34-20-22-18-23(10-11-25(22)30(34)37)31(38)14-16-33(17-15-31)19-21-6-4-5-9-27(21)39-24-7-2-1-3-8-24/h1-11,18,26,38H,12-17,19-20H2,(H,32,35,36). The van der Waals surface area contributed by atoms with Crippen molar-refractivity contribution in [2.75, 3.05) is 13.1 Å². The van der Waals surface area contributed by atoms with Crippen LogP contribution in [-0.2, 0) is 28.3 Å². The first-order chi connectivity index (χ1) is 18.9. The summed E-state index contributed by atoms with van der Waals surface area (Å²) in [5, 5.41) is 13.9. The first kappa shape index (κ1) is 25.3. The average molecular weight is 526 g/mol. The number of fused-ring (bicyclic) bond motifs is 1. The zero-order valence-electron chi connectivity index (χ0n) is 21.6. The van der Waals surface area contributed by atoms with E-state index in [-0.39, 0.29) is 18.2 Å². The van der Waals surface area contributed by atoms with E-state index in [1.807, 2.05) is 60.7 Å². The summed E-state index contributed by atoms with van der Waals surface area (Å²) in [5.41, 5.74) is 2.27. The van der Waals surface area contributed by atoms with Crippen molar-refractivity contribution in [1.29, 1.82) is 0 Å². The van der Waals surface area contributed by atoms with Gasteiger partial charge in [-0.05, 0) is 54.7 Å². The number of carbonyl (C=O) groups is 3. The number of nitrogens with zero attached hydrogens (tertiary/aromatic N) is 2. The van der Waals surface area contributed by atoms with Crippen molar-refractivity contribution in [2.45, 2.75) is 50.4 Å². The minimum absolute atomic E-state index is 0.204. The Labute approximate surface area is 227 Å². The van der Waals surface area contributed by atoms with Gasteiger partial charge in [-0.2, -0.15) is 0 Å². The van der Waals surface area contributed by atoms with Gasteiger partial charge in [0.1, 0.15) is 17.5 Å². The lowest BCUT2D eigenvalue weighted by Gasteiger charge is -2.39. The maximum absolute atomic E-state index is 13.0. The Morgan fingerprint density at radius 2 is 1.69 bits per heavy atom. The predicted molar refractivity (Wildman–Crippen MR) is 144 cm³/mol. The molecule has 8 heteroatoms. The summed E-state index contributed by atoms with van der Waals surface area (Å²) in [6.45, 7) is 2.45. The highest BCUT2D eigenvalue weighted by atomic mass is 16.5. The predicted octanol–water partition coefficient (Wildman–Crippen LogP) is 3.72. The maximum atomic E-state index is 13.0. The van der Waals surface area contributed by atoms with Gasteiger partial charge in [0.25, 0.3) is 5.91 Å². The fourth-order valence-corrected chi connectivity index (χ4v) is 5.82. The Balaban J connectivity index is 1.11. The Bertz CT molecular complexity index is 1410. The van der Waals surface area contributed by atoms with Crippen LogP contribution in [0.1, 0.15) is 52.7 Å². The Kier molecular flexibility index (Phi) is 6.66. The lowest BCUT2D eigenvalue weighted by Crippen LogP contribution is -2.52. The normalized spacial score (nSPS) is 21.0. The van der Waals surface area contributed by atoms with Crippen molar-refractivity contribution >= 4 is 17.7 Å². The van der Waals surface area contributed by atoms with E-state index in [0.29, 0.717) is 44.5 Å². The fourth-order valence-electron chi connectivity index (χ4n) is 5.82. The van der Waals surface area contributed by atoms with E-state index < -0.39 is 17.6 Å². The first-order valence-electron chi connectivity index (χ1n) is 13.4. The molecule has 2 N–H and O–H groups in total. The molecule has 8 nitrogen and oxygen atoms in total. The number of carbonyl (C=O) groups excluding carboxylic acids is 3. The lowest BCUT2D eigenvalue weighted by molar-refractivity contribution is -0.136. The third kappa shape index (κ3) is 5.05. The van der Waals surface area contributed by atoms with Gasteiger partial charge in [-0.25, -0.2) is 0 Å². The third-order valence-electron chi connectivity index (χ3n) is 8.08. The Morgan fingerprint density at radius 1 is 0.949 bits per heavy atom. The van der Waals surface area contributed by atoms with Gasteiger partial charge < -0.3 is 14.7 Å². The summed E-state index contributed by atoms with van der Waals surface area (Å²) in [7, 11) is 0. The molecule has 0 radical (unpaired) electrons. The van der Waals surface area contributed by atoms with Crippen LogP contribution in [0.15, 0.2) is 72.8 Å². The second-order valence-corrected chi connectivity index (χ2v) is 10.6. The molecule has 0 bridgehead atoms. The molecule has 2 fully saturated rings. The monoisotopic (exact) mass is 525 g/mol. The van der Waals surface area contributed by atoms with Gasteiger partial charge in [0, 0.05) is 43.7 Å². The van der Waals surface area contributed by atoms with E-state index in [4.69, 9.17) is 4.74 Å². The molecule has 3 aliphatic rings. The summed E-state index contributed by atoms with van der Waals surface area (Å²) in [5.74, 6) is 0.694. The molecule has 0 aromatic heterocycles. The van der Waals surface area contributed by atoms with E-state index >= 15 is 0 Å². The molecule has 0 aliphatic carbocycles. The molecule has 0 saturated carbocycles. The number of para-hydroxylation sites is 2. The topological polar surface area (TPSA) is 99.2 Å². The number of hydrogen-bond acceptors (Lipinski definition) is 6. The smallest absolute Gasteiger partial charge is 0.255 e. The van der Waals surface area contributed by atoms with Gasteiger partial charge >= 0.3 is 0 Å². The molecule has 3 heterocycles. The number of ether oxygens (including phenoxy) is 1. The summed E-state index contributed by atoms with van der Waals surface area (Å²) in [6, 6.07) is 22.6. The zero-order valence-corrected chi connectivity index (χ0v) is 21.6. The van der Waals surface area contributed by atoms with E-state index in [1.54, 1.807) is 6.07 Å². The first-order valence-corrected chi connectivity index (χ1v) is 13.4. The molecule has 39 heavy (non-hydrogen) atoms. The zero-order chi connectivity index (χ0) is 27.0. The minimum atomic E-state index is -0.989. The molecule has 1 atom stereocenters. The SMILES string of the molecule is O=C1CCC(N2Cc3cc(C4(O)CCN(Cc5ccccc5Oc5ccccc5)CC4)ccc3C2=O)C(=O)N1. The van der Waals surface area contributed by atoms with Crippen LogP contribution in [0.5, 0.6) is 11.5 Å². The lowest BCUT2D eigenvalue weighted by atomic mass is 9.83. The highest BCUT2D eigenvalue weighted by molar-refractivity contribution is 6.05. The highest BCUT2D eigenvalue weighted by Gasteiger charge is 2.40. The molecule has 0 spiro atoms. The van der Waals surface area contributed by atoms with Crippen molar-refractivity contribution in [3.63, 3.8) is 0 Å². The second-order valence-electron chi connectivity index (χ2n) is 10.6. The van der Waals surface area contributed by atoms with Crippen LogP contribution in [0.4, 0.5) is 0 Å². The molecule has 2 saturated heterocycles. The van der Waals surface area contributed by atoms with Crippen LogP contribution in [-0.4, -0.2) is 51.8 Å². The summed E-state index contributed by atoms with van der Waals surface area (Å²) < 4.78 is 6.13. The number of amides is 3. The van der Waals surface area contributed by atoms with Gasteiger partial charge in [-0.1, -0.05) is 48.5 Å². The van der Waals surface area contributed by atoms with Gasteiger partial charge in [0.05, 0.1) is 5.60 Å². The highest BCUT2D eigenvalue weighted by Crippen LogP contribution is 2.37. The van der Waals surface area contributed by atoms with Gasteiger partial charge in [-0.15, -0.1) is 0 Å². The van der Waals surface area contributed by atoms with Crippen molar-refractivity contribution in [2.24, 2.45) is 0 Å². The van der Waals surface area contributed by atoms with E-state index in [2.05, 4.69) is 16.3 Å². The number of piperidine rings is 2. The molecule has 3 aliphatic heterocycles. The summed E-state index contributed by atoms with van der Waals surface area (Å²) in [6.07, 6.45) is 1.69.